The first-order valence-electron chi connectivity index (χ1n) is 6.71. The molecule has 2 N–H and O–H groups in total. The number of H-pyrrole nitrogens is 1. The largest absolute Gasteiger partial charge is 0.465 e. The number of carbonyl (C=O) groups is 1. The minimum Gasteiger partial charge on any atom is -0.465 e. The van der Waals surface area contributed by atoms with E-state index in [4.69, 9.17) is 0 Å². The Morgan fingerprint density at radius 2 is 2.29 bits per heavy atom. The molecule has 2 aromatic heterocycles. The van der Waals surface area contributed by atoms with Crippen LogP contribution in [0.1, 0.15) is 24.7 Å². The van der Waals surface area contributed by atoms with Crippen LogP contribution in [0.5, 0.6) is 0 Å². The van der Waals surface area contributed by atoms with Gasteiger partial charge in [-0.05, 0) is 46.7 Å². The quantitative estimate of drug-likeness (QED) is 0.808. The first-order valence-corrected chi connectivity index (χ1v) is 8.32. The highest BCUT2D eigenvalue weighted by molar-refractivity contribution is 9.11. The van der Waals surface area contributed by atoms with E-state index in [0.29, 0.717) is 34.4 Å². The minimum atomic E-state index is -0.945. The molecule has 3 atom stereocenters. The Balaban J connectivity index is 1.80. The minimum absolute atomic E-state index is 0.200. The predicted molar refractivity (Wildman–Crippen MR) is 81.6 cm³/mol. The second-order valence-corrected chi connectivity index (χ2v) is 8.09. The number of carboxylic acid groups (broad SMARTS) is 1. The Hall–Kier alpha value is -1.41. The third-order valence-corrected chi connectivity index (χ3v) is 5.96. The number of amides is 1. The van der Waals surface area contributed by atoms with Crippen LogP contribution in [-0.4, -0.2) is 32.6 Å². The smallest absolute Gasteiger partial charge is 0.407 e. The fraction of sp³-hybridized carbons (Fsp3) is 0.462. The number of nitrogens with one attached hydrogen (secondary N) is 1. The molecule has 21 heavy (non-hydrogen) atoms. The second-order valence-electron chi connectivity index (χ2n) is 5.66. The summed E-state index contributed by atoms with van der Waals surface area (Å²) in [5, 5.41) is 9.39. The molecule has 0 spiro atoms. The van der Waals surface area contributed by atoms with Gasteiger partial charge >= 0.3 is 6.09 Å². The van der Waals surface area contributed by atoms with Gasteiger partial charge in [0.05, 0.1) is 15.3 Å². The molecule has 1 aliphatic carbocycles. The van der Waals surface area contributed by atoms with Crippen LogP contribution in [0.25, 0.3) is 10.2 Å². The lowest BCUT2D eigenvalue weighted by Gasteiger charge is -2.32. The molecule has 1 saturated heterocycles. The molecule has 110 valence electrons. The van der Waals surface area contributed by atoms with Crippen molar-refractivity contribution < 1.29 is 9.90 Å². The van der Waals surface area contributed by atoms with E-state index in [2.05, 4.69) is 25.9 Å². The normalized spacial score (nSPS) is 27.7. The predicted octanol–water partition coefficient (Wildman–Crippen LogP) is 2.81. The van der Waals surface area contributed by atoms with Gasteiger partial charge in [0.15, 0.2) is 0 Å². The van der Waals surface area contributed by atoms with Crippen molar-refractivity contribution in [2.75, 3.05) is 6.54 Å². The number of rotatable bonds is 1. The third-order valence-electron chi connectivity index (χ3n) is 4.33. The molecule has 3 heterocycles. The summed E-state index contributed by atoms with van der Waals surface area (Å²) >= 11 is 4.68. The van der Waals surface area contributed by atoms with Crippen molar-refractivity contribution in [1.82, 2.24) is 14.9 Å². The van der Waals surface area contributed by atoms with Crippen molar-refractivity contribution in [3.8, 4) is 0 Å². The topological polar surface area (TPSA) is 86.3 Å². The number of thiophene rings is 1. The molecule has 1 saturated carbocycles. The molecule has 8 heteroatoms. The molecule has 1 aliphatic heterocycles. The summed E-state index contributed by atoms with van der Waals surface area (Å²) in [7, 11) is 0. The maximum Gasteiger partial charge on any atom is 0.407 e. The lowest BCUT2D eigenvalue weighted by atomic mass is 10.0. The van der Waals surface area contributed by atoms with Gasteiger partial charge in [0.25, 0.3) is 5.56 Å². The molecule has 0 radical (unpaired) electrons. The highest BCUT2D eigenvalue weighted by Crippen LogP contribution is 2.50. The fourth-order valence-electron chi connectivity index (χ4n) is 3.17. The lowest BCUT2D eigenvalue weighted by molar-refractivity contribution is 0.100. The summed E-state index contributed by atoms with van der Waals surface area (Å²) in [4.78, 5) is 32.3. The van der Waals surface area contributed by atoms with Gasteiger partial charge < -0.3 is 10.1 Å². The third kappa shape index (κ3) is 2.17. The van der Waals surface area contributed by atoms with Gasteiger partial charge in [0, 0.05) is 6.54 Å². The number of aromatic amines is 1. The number of fused-ring (bicyclic) bond motifs is 2. The highest BCUT2D eigenvalue weighted by Gasteiger charge is 2.48. The van der Waals surface area contributed by atoms with Crippen molar-refractivity contribution >= 4 is 43.6 Å². The summed E-state index contributed by atoms with van der Waals surface area (Å²) in [5.74, 6) is 1.52. The average molecular weight is 370 g/mol. The van der Waals surface area contributed by atoms with Crippen LogP contribution in [-0.2, 0) is 0 Å². The summed E-state index contributed by atoms with van der Waals surface area (Å²) in [6, 6.07) is 1.45. The number of aromatic nitrogens is 2. The lowest BCUT2D eigenvalue weighted by Crippen LogP contribution is -2.40. The van der Waals surface area contributed by atoms with Crippen molar-refractivity contribution in [3.63, 3.8) is 0 Å². The first-order chi connectivity index (χ1) is 10.0. The van der Waals surface area contributed by atoms with E-state index in [-0.39, 0.29) is 11.6 Å². The van der Waals surface area contributed by atoms with Gasteiger partial charge in [-0.2, -0.15) is 0 Å². The number of likely N-dealkylation sites (tertiary alicyclic amines) is 1. The molecule has 1 unspecified atom stereocenters. The first kappa shape index (κ1) is 13.3. The monoisotopic (exact) mass is 369 g/mol. The number of hydrogen-bond donors (Lipinski definition) is 2. The molecular weight excluding hydrogens is 358 g/mol. The van der Waals surface area contributed by atoms with Crippen LogP contribution in [0.3, 0.4) is 0 Å². The maximum atomic E-state index is 12.2. The number of halogens is 1. The van der Waals surface area contributed by atoms with Crippen LogP contribution >= 0.6 is 27.3 Å². The molecular formula is C13H12BrN3O3S. The zero-order chi connectivity index (χ0) is 14.7. The molecule has 0 aromatic carbocycles. The number of nitrogens with zero attached hydrogens (tertiary/aromatic N) is 2. The van der Waals surface area contributed by atoms with Crippen molar-refractivity contribution in [2.24, 2.45) is 11.8 Å². The van der Waals surface area contributed by atoms with E-state index in [1.807, 2.05) is 0 Å². The zero-order valence-electron chi connectivity index (χ0n) is 10.9. The van der Waals surface area contributed by atoms with Crippen molar-refractivity contribution in [2.45, 2.75) is 18.9 Å². The molecule has 6 nitrogen and oxygen atoms in total. The number of hydrogen-bond acceptors (Lipinski definition) is 4. The van der Waals surface area contributed by atoms with E-state index >= 15 is 0 Å². The van der Waals surface area contributed by atoms with E-state index in [0.717, 1.165) is 16.6 Å². The Morgan fingerprint density at radius 1 is 1.48 bits per heavy atom. The second kappa shape index (κ2) is 4.54. The van der Waals surface area contributed by atoms with Gasteiger partial charge in [-0.1, -0.05) is 0 Å². The number of piperidine rings is 1. The summed E-state index contributed by atoms with van der Waals surface area (Å²) in [6.07, 6.45) is 0.882. The van der Waals surface area contributed by atoms with Crippen LogP contribution < -0.4 is 5.56 Å². The molecule has 2 aromatic rings. The fourth-order valence-corrected chi connectivity index (χ4v) is 4.59. The SMILES string of the molecule is O=C(O)N1C[C@@H]2C[C@@H]2CC1c1nc2cc(Br)sc2c(=O)[nH]1. The Labute approximate surface area is 131 Å². The average Bonchev–Trinajstić information content (AvgIpc) is 3.09. The maximum absolute atomic E-state index is 12.2. The van der Waals surface area contributed by atoms with Crippen LogP contribution in [0, 0.1) is 11.8 Å². The van der Waals surface area contributed by atoms with E-state index in [9.17, 15) is 14.7 Å². The highest BCUT2D eigenvalue weighted by atomic mass is 79.9. The van der Waals surface area contributed by atoms with Gasteiger partial charge in [-0.25, -0.2) is 9.78 Å². The van der Waals surface area contributed by atoms with E-state index in [1.54, 1.807) is 6.07 Å². The zero-order valence-corrected chi connectivity index (χ0v) is 13.3. The van der Waals surface area contributed by atoms with Crippen molar-refractivity contribution in [3.05, 3.63) is 26.0 Å². The Bertz CT molecular complexity index is 802. The van der Waals surface area contributed by atoms with Crippen LogP contribution in [0.4, 0.5) is 4.79 Å². The summed E-state index contributed by atoms with van der Waals surface area (Å²) < 4.78 is 1.40. The summed E-state index contributed by atoms with van der Waals surface area (Å²) in [6.45, 7) is 0.541. The van der Waals surface area contributed by atoms with Crippen molar-refractivity contribution in [1.29, 1.82) is 0 Å². The molecule has 4 rings (SSSR count). The van der Waals surface area contributed by atoms with E-state index in [1.165, 1.54) is 16.2 Å². The van der Waals surface area contributed by atoms with E-state index < -0.39 is 6.09 Å². The summed E-state index contributed by atoms with van der Waals surface area (Å²) in [5.41, 5.74) is 0.419. The van der Waals surface area contributed by atoms with Gasteiger partial charge in [-0.15, -0.1) is 11.3 Å². The molecule has 0 bridgehead atoms. The molecule has 2 fully saturated rings. The Kier molecular flexibility index (Phi) is 2.87. The molecule has 1 amide bonds. The van der Waals surface area contributed by atoms with Gasteiger partial charge in [0.2, 0.25) is 0 Å². The molecule has 2 aliphatic rings. The van der Waals surface area contributed by atoms with Gasteiger partial charge in [0.1, 0.15) is 10.5 Å². The standard InChI is InChI=1S/C13H12BrN3O3S/c14-9-3-7-10(21-9)12(18)16-11(15-7)8-2-5-1-6(5)4-17(8)13(19)20/h3,5-6,8H,1-2,4H2,(H,19,20)(H,15,16,18)/t5-,6+,8?/m1/s1. The Morgan fingerprint density at radius 3 is 3.05 bits per heavy atom. The van der Waals surface area contributed by atoms with Crippen LogP contribution in [0.15, 0.2) is 14.6 Å². The van der Waals surface area contributed by atoms with Gasteiger partial charge in [-0.3, -0.25) is 9.69 Å². The van der Waals surface area contributed by atoms with Crippen LogP contribution in [0.2, 0.25) is 0 Å².